The third-order valence-electron chi connectivity index (χ3n) is 3.40. The summed E-state index contributed by atoms with van der Waals surface area (Å²) < 4.78 is 0. The van der Waals surface area contributed by atoms with Crippen molar-refractivity contribution >= 4 is 5.91 Å². The highest BCUT2D eigenvalue weighted by atomic mass is 16.2. The maximum Gasteiger partial charge on any atom is 0.240 e. The summed E-state index contributed by atoms with van der Waals surface area (Å²) in [5, 5.41) is 2.95. The summed E-state index contributed by atoms with van der Waals surface area (Å²) in [6, 6.07) is 0. The van der Waals surface area contributed by atoms with Crippen LogP contribution in [0.15, 0.2) is 0 Å². The molecule has 0 aromatic carbocycles. The largest absolute Gasteiger partial charge is 0.354 e. The smallest absolute Gasteiger partial charge is 0.240 e. The second-order valence-electron chi connectivity index (χ2n) is 5.06. The minimum Gasteiger partial charge on any atom is -0.354 e. The van der Waals surface area contributed by atoms with Crippen molar-refractivity contribution in [1.29, 1.82) is 0 Å². The van der Waals surface area contributed by atoms with Crippen LogP contribution in [-0.4, -0.2) is 18.0 Å². The summed E-state index contributed by atoms with van der Waals surface area (Å²) >= 11 is 0. The summed E-state index contributed by atoms with van der Waals surface area (Å²) in [5.74, 6) is -0.0194. The Balaban J connectivity index is 4.26. The molecule has 3 heteroatoms. The highest BCUT2D eigenvalue weighted by Gasteiger charge is 2.30. The molecule has 0 radical (unpaired) electrons. The predicted molar refractivity (Wildman–Crippen MR) is 64.6 cm³/mol. The Morgan fingerprint density at radius 2 is 1.60 bits per heavy atom. The Morgan fingerprint density at radius 1 is 1.13 bits per heavy atom. The monoisotopic (exact) mass is 214 g/mol. The quantitative estimate of drug-likeness (QED) is 0.711. The van der Waals surface area contributed by atoms with Crippen molar-refractivity contribution in [3.63, 3.8) is 0 Å². The van der Waals surface area contributed by atoms with Gasteiger partial charge in [-0.1, -0.05) is 34.6 Å². The van der Waals surface area contributed by atoms with E-state index in [2.05, 4.69) is 26.1 Å². The van der Waals surface area contributed by atoms with Crippen LogP contribution in [0.4, 0.5) is 0 Å². The van der Waals surface area contributed by atoms with Crippen molar-refractivity contribution in [2.75, 3.05) is 6.54 Å². The molecule has 0 unspecified atom stereocenters. The van der Waals surface area contributed by atoms with Gasteiger partial charge in [0.05, 0.1) is 5.54 Å². The minimum atomic E-state index is -0.691. The molecule has 0 saturated carbocycles. The van der Waals surface area contributed by atoms with E-state index in [9.17, 15) is 4.79 Å². The number of carbonyl (C=O) groups is 1. The highest BCUT2D eigenvalue weighted by molar-refractivity contribution is 5.85. The normalized spacial score (nSPS) is 12.7. The average molecular weight is 214 g/mol. The highest BCUT2D eigenvalue weighted by Crippen LogP contribution is 2.19. The summed E-state index contributed by atoms with van der Waals surface area (Å²) in [4.78, 5) is 11.9. The number of nitrogens with one attached hydrogen (secondary N) is 1. The van der Waals surface area contributed by atoms with Gasteiger partial charge in [-0.05, 0) is 24.7 Å². The Kier molecular flexibility index (Phi) is 5.29. The van der Waals surface area contributed by atoms with Crippen LogP contribution in [0, 0.1) is 5.41 Å². The number of hydrogen-bond donors (Lipinski definition) is 2. The fourth-order valence-corrected chi connectivity index (χ4v) is 1.19. The Hall–Kier alpha value is -0.570. The van der Waals surface area contributed by atoms with E-state index < -0.39 is 5.54 Å². The molecule has 0 aromatic rings. The van der Waals surface area contributed by atoms with Crippen molar-refractivity contribution in [1.82, 2.24) is 5.32 Å². The molecule has 3 N–H and O–H groups in total. The van der Waals surface area contributed by atoms with Gasteiger partial charge in [0, 0.05) is 6.54 Å². The topological polar surface area (TPSA) is 55.1 Å². The molecule has 15 heavy (non-hydrogen) atoms. The molecule has 0 saturated heterocycles. The zero-order valence-corrected chi connectivity index (χ0v) is 10.8. The van der Waals surface area contributed by atoms with E-state index in [-0.39, 0.29) is 11.3 Å². The van der Waals surface area contributed by atoms with E-state index in [1.54, 1.807) is 0 Å². The fourth-order valence-electron chi connectivity index (χ4n) is 1.19. The molecule has 0 atom stereocenters. The molecule has 0 spiro atoms. The van der Waals surface area contributed by atoms with E-state index in [0.717, 1.165) is 6.42 Å². The van der Waals surface area contributed by atoms with Crippen molar-refractivity contribution in [3.05, 3.63) is 0 Å². The van der Waals surface area contributed by atoms with Crippen LogP contribution in [-0.2, 0) is 4.79 Å². The van der Waals surface area contributed by atoms with Crippen LogP contribution in [0.3, 0.4) is 0 Å². The van der Waals surface area contributed by atoms with Gasteiger partial charge in [-0.15, -0.1) is 0 Å². The van der Waals surface area contributed by atoms with Crippen LogP contribution in [0.1, 0.15) is 53.9 Å². The maximum absolute atomic E-state index is 11.9. The van der Waals surface area contributed by atoms with Gasteiger partial charge in [0.1, 0.15) is 0 Å². The lowest BCUT2D eigenvalue weighted by atomic mass is 9.88. The lowest BCUT2D eigenvalue weighted by molar-refractivity contribution is -0.127. The van der Waals surface area contributed by atoms with Gasteiger partial charge < -0.3 is 11.1 Å². The molecule has 0 aromatic heterocycles. The molecule has 0 heterocycles. The van der Waals surface area contributed by atoms with Gasteiger partial charge in [0.25, 0.3) is 0 Å². The molecule has 0 aliphatic carbocycles. The molecule has 90 valence electrons. The first-order valence-electron chi connectivity index (χ1n) is 5.88. The van der Waals surface area contributed by atoms with E-state index in [4.69, 9.17) is 5.73 Å². The van der Waals surface area contributed by atoms with E-state index in [1.165, 1.54) is 0 Å². The molecule has 0 aliphatic heterocycles. The fraction of sp³-hybridized carbons (Fsp3) is 0.917. The van der Waals surface area contributed by atoms with Gasteiger partial charge in [0.2, 0.25) is 5.91 Å². The average Bonchev–Trinajstić information content (AvgIpc) is 2.24. The van der Waals surface area contributed by atoms with Crippen LogP contribution in [0.5, 0.6) is 0 Å². The maximum atomic E-state index is 11.9. The second-order valence-corrected chi connectivity index (χ2v) is 5.06. The third kappa shape index (κ3) is 4.20. The zero-order valence-electron chi connectivity index (χ0n) is 10.8. The van der Waals surface area contributed by atoms with Gasteiger partial charge in [0.15, 0.2) is 0 Å². The molecule has 3 nitrogen and oxygen atoms in total. The first-order chi connectivity index (χ1) is 6.81. The third-order valence-corrected chi connectivity index (χ3v) is 3.40. The van der Waals surface area contributed by atoms with Crippen molar-refractivity contribution in [3.8, 4) is 0 Å². The second kappa shape index (κ2) is 5.50. The van der Waals surface area contributed by atoms with Crippen LogP contribution >= 0.6 is 0 Å². The molecule has 0 aliphatic rings. The summed E-state index contributed by atoms with van der Waals surface area (Å²) in [5.41, 5.74) is 5.46. The lowest BCUT2D eigenvalue weighted by Gasteiger charge is -2.29. The van der Waals surface area contributed by atoms with Crippen LogP contribution in [0.25, 0.3) is 0 Å². The first kappa shape index (κ1) is 14.4. The number of nitrogens with two attached hydrogens (primary N) is 1. The molecular weight excluding hydrogens is 188 g/mol. The summed E-state index contributed by atoms with van der Waals surface area (Å²) in [6.45, 7) is 11.0. The molecule has 1 amide bonds. The standard InChI is InChI=1S/C12H26N2O/c1-6-11(4,5)9-14-10(15)12(13,7-2)8-3/h6-9,13H2,1-5H3,(H,14,15). The minimum absolute atomic E-state index is 0.0194. The summed E-state index contributed by atoms with van der Waals surface area (Å²) in [6.07, 6.45) is 2.41. The number of rotatable bonds is 6. The lowest BCUT2D eigenvalue weighted by Crippen LogP contribution is -2.54. The molecular formula is C12H26N2O. The van der Waals surface area contributed by atoms with Crippen molar-refractivity contribution in [2.24, 2.45) is 11.1 Å². The van der Waals surface area contributed by atoms with Gasteiger partial charge in [-0.2, -0.15) is 0 Å². The van der Waals surface area contributed by atoms with Crippen LogP contribution in [0.2, 0.25) is 0 Å². The predicted octanol–water partition coefficient (Wildman–Crippen LogP) is 2.06. The van der Waals surface area contributed by atoms with Crippen molar-refractivity contribution < 1.29 is 4.79 Å². The SMILES string of the molecule is CCC(C)(C)CNC(=O)C(N)(CC)CC. The Bertz CT molecular complexity index is 208. The van der Waals surface area contributed by atoms with Gasteiger partial charge in [-0.25, -0.2) is 0 Å². The van der Waals surface area contributed by atoms with E-state index >= 15 is 0 Å². The van der Waals surface area contributed by atoms with E-state index in [0.29, 0.717) is 19.4 Å². The Morgan fingerprint density at radius 3 is 1.93 bits per heavy atom. The summed E-state index contributed by atoms with van der Waals surface area (Å²) in [7, 11) is 0. The molecule has 0 fully saturated rings. The number of amides is 1. The Labute approximate surface area is 93.8 Å². The van der Waals surface area contributed by atoms with E-state index in [1.807, 2.05) is 13.8 Å². The molecule has 0 bridgehead atoms. The zero-order chi connectivity index (χ0) is 12.1. The first-order valence-corrected chi connectivity index (χ1v) is 5.88. The molecule has 0 rings (SSSR count). The number of hydrogen-bond acceptors (Lipinski definition) is 2. The van der Waals surface area contributed by atoms with Gasteiger partial charge in [-0.3, -0.25) is 4.79 Å². The van der Waals surface area contributed by atoms with Crippen molar-refractivity contribution in [2.45, 2.75) is 59.4 Å². The van der Waals surface area contributed by atoms with Gasteiger partial charge >= 0.3 is 0 Å². The number of carbonyl (C=O) groups excluding carboxylic acids is 1. The van der Waals surface area contributed by atoms with Crippen LogP contribution < -0.4 is 11.1 Å².